The Morgan fingerprint density at radius 1 is 1.00 bits per heavy atom. The Hall–Kier alpha value is -1.59. The number of aliphatic carboxylic acids is 1. The van der Waals surface area contributed by atoms with Gasteiger partial charge in [0.15, 0.2) is 0 Å². The molecule has 0 aromatic rings. The maximum absolute atomic E-state index is 10.8. The average Bonchev–Trinajstić information content (AvgIpc) is 2.11. The molecule has 0 unspecified atom stereocenters. The van der Waals surface area contributed by atoms with Gasteiger partial charge in [-0.05, 0) is 6.92 Å². The van der Waals surface area contributed by atoms with Crippen LogP contribution in [0.1, 0.15) is 27.7 Å². The van der Waals surface area contributed by atoms with Gasteiger partial charge in [0.1, 0.15) is 6.10 Å². The lowest BCUT2D eigenvalue weighted by atomic mass is 9.99. The molecule has 0 saturated carbocycles. The van der Waals surface area contributed by atoms with Crippen molar-refractivity contribution < 1.29 is 29.0 Å². The summed E-state index contributed by atoms with van der Waals surface area (Å²) in [6.45, 7) is 5.44. The van der Waals surface area contributed by atoms with Gasteiger partial charge in [0, 0.05) is 19.8 Å². The van der Waals surface area contributed by atoms with E-state index < -0.39 is 36.0 Å². The molecule has 0 rings (SSSR count). The van der Waals surface area contributed by atoms with E-state index in [0.717, 1.165) is 6.92 Å². The summed E-state index contributed by atoms with van der Waals surface area (Å²) in [5.41, 5.74) is 0. The topological polar surface area (TPSA) is 89.9 Å². The Morgan fingerprint density at radius 3 is 1.75 bits per heavy atom. The standard InChI is InChI=1S/C10H16O6/c1-5(6(2)15-7(3)11)9(10(13)14)16-8(4)12/h5-6,9H,1-4H3,(H,13,14)/t5-,6+,9+/m0/s1. The molecular formula is C10H16O6. The van der Waals surface area contributed by atoms with Crippen LogP contribution in [0.3, 0.4) is 0 Å². The summed E-state index contributed by atoms with van der Waals surface area (Å²) in [6.07, 6.45) is -1.95. The van der Waals surface area contributed by atoms with E-state index in [2.05, 4.69) is 4.74 Å². The molecule has 0 spiro atoms. The molecule has 0 amide bonds. The number of ether oxygens (including phenoxy) is 2. The highest BCUT2D eigenvalue weighted by molar-refractivity contribution is 5.77. The first-order valence-corrected chi connectivity index (χ1v) is 4.83. The fourth-order valence-electron chi connectivity index (χ4n) is 1.18. The van der Waals surface area contributed by atoms with Crippen molar-refractivity contribution in [3.8, 4) is 0 Å². The van der Waals surface area contributed by atoms with Crippen LogP contribution in [0.5, 0.6) is 0 Å². The molecule has 0 aromatic carbocycles. The fraction of sp³-hybridized carbons (Fsp3) is 0.700. The molecule has 6 heteroatoms. The van der Waals surface area contributed by atoms with Gasteiger partial charge >= 0.3 is 17.9 Å². The third kappa shape index (κ3) is 4.77. The smallest absolute Gasteiger partial charge is 0.345 e. The van der Waals surface area contributed by atoms with E-state index in [1.807, 2.05) is 0 Å². The Morgan fingerprint density at radius 2 is 1.44 bits per heavy atom. The maximum atomic E-state index is 10.8. The van der Waals surface area contributed by atoms with Gasteiger partial charge in [-0.1, -0.05) is 6.92 Å². The normalized spacial score (nSPS) is 15.8. The van der Waals surface area contributed by atoms with Crippen molar-refractivity contribution in [1.29, 1.82) is 0 Å². The van der Waals surface area contributed by atoms with Gasteiger partial charge in [0.2, 0.25) is 6.10 Å². The van der Waals surface area contributed by atoms with E-state index in [9.17, 15) is 14.4 Å². The highest BCUT2D eigenvalue weighted by Gasteiger charge is 2.33. The summed E-state index contributed by atoms with van der Waals surface area (Å²) < 4.78 is 9.48. The number of hydrogen-bond acceptors (Lipinski definition) is 5. The molecule has 0 radical (unpaired) electrons. The van der Waals surface area contributed by atoms with Gasteiger partial charge < -0.3 is 14.6 Å². The van der Waals surface area contributed by atoms with Crippen LogP contribution >= 0.6 is 0 Å². The van der Waals surface area contributed by atoms with Gasteiger partial charge in [-0.15, -0.1) is 0 Å². The molecule has 0 aliphatic carbocycles. The fourth-order valence-corrected chi connectivity index (χ4v) is 1.18. The predicted molar refractivity (Wildman–Crippen MR) is 53.6 cm³/mol. The van der Waals surface area contributed by atoms with E-state index in [1.54, 1.807) is 6.92 Å². The molecule has 0 fully saturated rings. The summed E-state index contributed by atoms with van der Waals surface area (Å²) in [5, 5.41) is 8.86. The number of hydrogen-bond donors (Lipinski definition) is 1. The van der Waals surface area contributed by atoms with Crippen LogP contribution in [0.25, 0.3) is 0 Å². The number of rotatable bonds is 5. The minimum atomic E-state index is -1.31. The lowest BCUT2D eigenvalue weighted by Gasteiger charge is -2.24. The van der Waals surface area contributed by atoms with Crippen LogP contribution < -0.4 is 0 Å². The second-order valence-corrected chi connectivity index (χ2v) is 3.54. The first-order valence-electron chi connectivity index (χ1n) is 4.83. The zero-order chi connectivity index (χ0) is 12.9. The molecule has 92 valence electrons. The Bertz CT molecular complexity index is 285. The third-order valence-corrected chi connectivity index (χ3v) is 2.11. The SMILES string of the molecule is CC(=O)O[C@H](C)[C@H](C)[C@@H](OC(C)=O)C(=O)O. The van der Waals surface area contributed by atoms with Crippen molar-refractivity contribution in [3.05, 3.63) is 0 Å². The van der Waals surface area contributed by atoms with Crippen molar-refractivity contribution in [2.45, 2.75) is 39.9 Å². The van der Waals surface area contributed by atoms with Gasteiger partial charge in [-0.3, -0.25) is 9.59 Å². The summed E-state index contributed by atoms with van der Waals surface area (Å²) in [4.78, 5) is 32.3. The van der Waals surface area contributed by atoms with Crippen LogP contribution in [0.2, 0.25) is 0 Å². The molecule has 16 heavy (non-hydrogen) atoms. The van der Waals surface area contributed by atoms with E-state index >= 15 is 0 Å². The largest absolute Gasteiger partial charge is 0.478 e. The van der Waals surface area contributed by atoms with Crippen LogP contribution in [0.15, 0.2) is 0 Å². The van der Waals surface area contributed by atoms with Crippen molar-refractivity contribution >= 4 is 17.9 Å². The minimum absolute atomic E-state index is 0.508. The molecule has 0 bridgehead atoms. The third-order valence-electron chi connectivity index (χ3n) is 2.11. The summed E-state index contributed by atoms with van der Waals surface area (Å²) in [6, 6.07) is 0. The summed E-state index contributed by atoms with van der Waals surface area (Å²) >= 11 is 0. The number of carbonyl (C=O) groups is 3. The number of carboxylic acid groups (broad SMARTS) is 1. The van der Waals surface area contributed by atoms with Crippen molar-refractivity contribution in [1.82, 2.24) is 0 Å². The van der Waals surface area contributed by atoms with Gasteiger partial charge in [0.25, 0.3) is 0 Å². The Kier molecular flexibility index (Phi) is 5.49. The second kappa shape index (κ2) is 6.09. The average molecular weight is 232 g/mol. The molecule has 1 N–H and O–H groups in total. The van der Waals surface area contributed by atoms with Crippen molar-refractivity contribution in [2.24, 2.45) is 5.92 Å². The monoisotopic (exact) mass is 232 g/mol. The molecule has 3 atom stereocenters. The van der Waals surface area contributed by atoms with Crippen LogP contribution in [0.4, 0.5) is 0 Å². The van der Waals surface area contributed by atoms with Crippen molar-refractivity contribution in [3.63, 3.8) is 0 Å². The maximum Gasteiger partial charge on any atom is 0.345 e. The zero-order valence-electron chi connectivity index (χ0n) is 9.72. The lowest BCUT2D eigenvalue weighted by molar-refractivity contribution is -0.172. The van der Waals surface area contributed by atoms with E-state index in [1.165, 1.54) is 13.8 Å². The van der Waals surface area contributed by atoms with Gasteiger partial charge in [-0.25, -0.2) is 4.79 Å². The summed E-state index contributed by atoms with van der Waals surface area (Å²) in [7, 11) is 0. The predicted octanol–water partition coefficient (Wildman–Crippen LogP) is 0.590. The summed E-state index contributed by atoms with van der Waals surface area (Å²) in [5.74, 6) is -3.08. The first-order chi connectivity index (χ1) is 7.25. The highest BCUT2D eigenvalue weighted by atomic mass is 16.6. The lowest BCUT2D eigenvalue weighted by Crippen LogP contribution is -2.39. The zero-order valence-corrected chi connectivity index (χ0v) is 9.72. The van der Waals surface area contributed by atoms with Crippen molar-refractivity contribution in [2.75, 3.05) is 0 Å². The minimum Gasteiger partial charge on any atom is -0.478 e. The molecule has 0 aliphatic rings. The molecule has 0 aliphatic heterocycles. The second-order valence-electron chi connectivity index (χ2n) is 3.54. The van der Waals surface area contributed by atoms with E-state index in [0.29, 0.717) is 0 Å². The molecular weight excluding hydrogens is 216 g/mol. The first kappa shape index (κ1) is 14.4. The number of carbonyl (C=O) groups excluding carboxylic acids is 2. The van der Waals surface area contributed by atoms with Crippen LogP contribution in [0, 0.1) is 5.92 Å². The van der Waals surface area contributed by atoms with Crippen LogP contribution in [-0.4, -0.2) is 35.2 Å². The van der Waals surface area contributed by atoms with Gasteiger partial charge in [-0.2, -0.15) is 0 Å². The van der Waals surface area contributed by atoms with Crippen LogP contribution in [-0.2, 0) is 23.9 Å². The Balaban J connectivity index is 4.59. The highest BCUT2D eigenvalue weighted by Crippen LogP contribution is 2.16. The molecule has 0 heterocycles. The molecule has 0 saturated heterocycles. The Labute approximate surface area is 93.5 Å². The molecule has 6 nitrogen and oxygen atoms in total. The van der Waals surface area contributed by atoms with Gasteiger partial charge in [0.05, 0.1) is 0 Å². The quantitative estimate of drug-likeness (QED) is 0.698. The molecule has 0 aromatic heterocycles. The van der Waals surface area contributed by atoms with E-state index in [4.69, 9.17) is 9.84 Å². The van der Waals surface area contributed by atoms with E-state index in [-0.39, 0.29) is 0 Å². The number of esters is 2. The number of carboxylic acids is 1.